The molecule has 1 saturated carbocycles. The van der Waals surface area contributed by atoms with Crippen molar-refractivity contribution in [2.45, 2.75) is 31.6 Å². The standard InChI is InChI=1S/C15H22N4O/c1-19-6-2-3-12(10-19)13-8-16-9-14(18-13)15(20)17-7-11-4-5-11/h8-9,11-12H,2-7,10H2,1H3,(H,17,20)/t12-/m0/s1. The van der Waals surface area contributed by atoms with Crippen LogP contribution in [0.5, 0.6) is 0 Å². The Hall–Kier alpha value is -1.49. The predicted octanol–water partition coefficient (Wildman–Crippen LogP) is 1.43. The molecule has 5 nitrogen and oxygen atoms in total. The fourth-order valence-corrected chi connectivity index (χ4v) is 2.74. The van der Waals surface area contributed by atoms with Crippen LogP contribution in [0.2, 0.25) is 0 Å². The van der Waals surface area contributed by atoms with E-state index in [9.17, 15) is 4.79 Å². The highest BCUT2D eigenvalue weighted by atomic mass is 16.1. The number of nitrogens with zero attached hydrogens (tertiary/aromatic N) is 3. The van der Waals surface area contributed by atoms with Crippen LogP contribution in [-0.4, -0.2) is 47.5 Å². The lowest BCUT2D eigenvalue weighted by atomic mass is 9.95. The molecular weight excluding hydrogens is 252 g/mol. The first-order valence-electron chi connectivity index (χ1n) is 7.51. The van der Waals surface area contributed by atoms with Gasteiger partial charge in [0.15, 0.2) is 0 Å². The van der Waals surface area contributed by atoms with Crippen LogP contribution < -0.4 is 5.32 Å². The molecule has 1 saturated heterocycles. The highest BCUT2D eigenvalue weighted by molar-refractivity contribution is 5.91. The summed E-state index contributed by atoms with van der Waals surface area (Å²) < 4.78 is 0. The predicted molar refractivity (Wildman–Crippen MR) is 76.6 cm³/mol. The van der Waals surface area contributed by atoms with E-state index in [1.54, 1.807) is 6.20 Å². The molecule has 5 heteroatoms. The Labute approximate surface area is 119 Å². The summed E-state index contributed by atoms with van der Waals surface area (Å²) >= 11 is 0. The van der Waals surface area contributed by atoms with Crippen LogP contribution in [-0.2, 0) is 0 Å². The highest BCUT2D eigenvalue weighted by Gasteiger charge is 2.23. The summed E-state index contributed by atoms with van der Waals surface area (Å²) in [5, 5.41) is 2.95. The van der Waals surface area contributed by atoms with Crippen LogP contribution in [0.3, 0.4) is 0 Å². The maximum absolute atomic E-state index is 12.1. The number of hydrogen-bond acceptors (Lipinski definition) is 4. The Morgan fingerprint density at radius 2 is 2.25 bits per heavy atom. The van der Waals surface area contributed by atoms with Gasteiger partial charge in [-0.05, 0) is 45.2 Å². The summed E-state index contributed by atoms with van der Waals surface area (Å²) in [6.45, 7) is 2.92. The molecule has 3 rings (SSSR count). The zero-order chi connectivity index (χ0) is 13.9. The largest absolute Gasteiger partial charge is 0.350 e. The number of carbonyl (C=O) groups excluding carboxylic acids is 1. The maximum Gasteiger partial charge on any atom is 0.271 e. The van der Waals surface area contributed by atoms with E-state index in [1.807, 2.05) is 6.20 Å². The van der Waals surface area contributed by atoms with Crippen molar-refractivity contribution in [1.29, 1.82) is 0 Å². The van der Waals surface area contributed by atoms with Gasteiger partial charge in [0.25, 0.3) is 5.91 Å². The number of carbonyl (C=O) groups is 1. The van der Waals surface area contributed by atoms with Gasteiger partial charge in [-0.3, -0.25) is 9.78 Å². The van der Waals surface area contributed by atoms with Gasteiger partial charge in [0.1, 0.15) is 5.69 Å². The molecule has 0 unspecified atom stereocenters. The number of amides is 1. The molecule has 1 atom stereocenters. The lowest BCUT2D eigenvalue weighted by molar-refractivity contribution is 0.0946. The lowest BCUT2D eigenvalue weighted by Gasteiger charge is -2.29. The van der Waals surface area contributed by atoms with Crippen molar-refractivity contribution in [2.75, 3.05) is 26.7 Å². The minimum Gasteiger partial charge on any atom is -0.350 e. The molecule has 1 amide bonds. The Morgan fingerprint density at radius 1 is 1.40 bits per heavy atom. The normalized spacial score (nSPS) is 23.6. The number of likely N-dealkylation sites (N-methyl/N-ethyl adjacent to an activating group) is 1. The van der Waals surface area contributed by atoms with E-state index < -0.39 is 0 Å². The van der Waals surface area contributed by atoms with E-state index in [1.165, 1.54) is 19.3 Å². The molecule has 1 N–H and O–H groups in total. The third kappa shape index (κ3) is 3.33. The summed E-state index contributed by atoms with van der Waals surface area (Å²) in [7, 11) is 2.13. The maximum atomic E-state index is 12.1. The minimum absolute atomic E-state index is 0.0876. The second-order valence-corrected chi connectivity index (χ2v) is 6.08. The fraction of sp³-hybridized carbons (Fsp3) is 0.667. The first-order valence-corrected chi connectivity index (χ1v) is 7.51. The van der Waals surface area contributed by atoms with Crippen molar-refractivity contribution in [3.05, 3.63) is 23.8 Å². The zero-order valence-corrected chi connectivity index (χ0v) is 12.0. The van der Waals surface area contributed by atoms with E-state index in [0.29, 0.717) is 17.5 Å². The van der Waals surface area contributed by atoms with Gasteiger partial charge in [0.2, 0.25) is 0 Å². The average Bonchev–Trinajstić information content (AvgIpc) is 3.29. The van der Waals surface area contributed by atoms with E-state index in [4.69, 9.17) is 0 Å². The van der Waals surface area contributed by atoms with Gasteiger partial charge in [0, 0.05) is 25.2 Å². The van der Waals surface area contributed by atoms with Gasteiger partial charge in [-0.15, -0.1) is 0 Å². The number of likely N-dealkylation sites (tertiary alicyclic amines) is 1. The minimum atomic E-state index is -0.0876. The topological polar surface area (TPSA) is 58.1 Å². The van der Waals surface area contributed by atoms with E-state index in [-0.39, 0.29) is 5.91 Å². The number of piperidine rings is 1. The van der Waals surface area contributed by atoms with Crippen LogP contribution in [0, 0.1) is 5.92 Å². The smallest absolute Gasteiger partial charge is 0.271 e. The number of hydrogen-bond donors (Lipinski definition) is 1. The zero-order valence-electron chi connectivity index (χ0n) is 12.0. The van der Waals surface area contributed by atoms with E-state index in [0.717, 1.165) is 31.7 Å². The Morgan fingerprint density at radius 3 is 3.00 bits per heavy atom. The van der Waals surface area contributed by atoms with Crippen molar-refractivity contribution in [3.8, 4) is 0 Å². The quantitative estimate of drug-likeness (QED) is 0.902. The van der Waals surface area contributed by atoms with Crippen molar-refractivity contribution in [3.63, 3.8) is 0 Å². The van der Waals surface area contributed by atoms with Gasteiger partial charge in [0.05, 0.1) is 11.9 Å². The molecule has 1 aromatic rings. The van der Waals surface area contributed by atoms with Crippen LogP contribution in [0.25, 0.3) is 0 Å². The molecule has 0 spiro atoms. The van der Waals surface area contributed by atoms with Crippen molar-refractivity contribution < 1.29 is 4.79 Å². The molecule has 2 heterocycles. The summed E-state index contributed by atoms with van der Waals surface area (Å²) in [6, 6.07) is 0. The highest BCUT2D eigenvalue weighted by Crippen LogP contribution is 2.27. The molecule has 20 heavy (non-hydrogen) atoms. The number of nitrogens with one attached hydrogen (secondary N) is 1. The molecule has 0 aromatic carbocycles. The Kier molecular flexibility index (Phi) is 3.96. The third-order valence-corrected chi connectivity index (χ3v) is 4.18. The number of rotatable bonds is 4. The first-order chi connectivity index (χ1) is 9.72. The molecule has 2 aliphatic rings. The second-order valence-electron chi connectivity index (χ2n) is 6.08. The molecule has 108 valence electrons. The average molecular weight is 274 g/mol. The van der Waals surface area contributed by atoms with Crippen LogP contribution in [0.4, 0.5) is 0 Å². The van der Waals surface area contributed by atoms with Gasteiger partial charge >= 0.3 is 0 Å². The van der Waals surface area contributed by atoms with Crippen molar-refractivity contribution >= 4 is 5.91 Å². The molecule has 1 aliphatic carbocycles. The molecule has 2 fully saturated rings. The van der Waals surface area contributed by atoms with Gasteiger partial charge in [-0.1, -0.05) is 0 Å². The third-order valence-electron chi connectivity index (χ3n) is 4.18. The molecule has 0 bridgehead atoms. The first kappa shape index (κ1) is 13.5. The van der Waals surface area contributed by atoms with Gasteiger partial charge in [-0.2, -0.15) is 0 Å². The fourth-order valence-electron chi connectivity index (χ4n) is 2.74. The molecule has 1 aromatic heterocycles. The second kappa shape index (κ2) is 5.87. The summed E-state index contributed by atoms with van der Waals surface area (Å²) in [6.07, 6.45) is 8.16. The lowest BCUT2D eigenvalue weighted by Crippen LogP contribution is -2.32. The molecular formula is C15H22N4O. The Bertz CT molecular complexity index is 487. The van der Waals surface area contributed by atoms with Gasteiger partial charge in [-0.25, -0.2) is 4.98 Å². The van der Waals surface area contributed by atoms with Crippen LogP contribution in [0.1, 0.15) is 47.8 Å². The summed E-state index contributed by atoms with van der Waals surface area (Å²) in [4.78, 5) is 23.1. The van der Waals surface area contributed by atoms with Crippen molar-refractivity contribution in [1.82, 2.24) is 20.2 Å². The monoisotopic (exact) mass is 274 g/mol. The van der Waals surface area contributed by atoms with E-state index in [2.05, 4.69) is 27.2 Å². The van der Waals surface area contributed by atoms with Crippen LogP contribution in [0.15, 0.2) is 12.4 Å². The van der Waals surface area contributed by atoms with Crippen molar-refractivity contribution in [2.24, 2.45) is 5.92 Å². The summed E-state index contributed by atoms with van der Waals surface area (Å²) in [5.74, 6) is 0.995. The SMILES string of the molecule is CN1CCC[C@H](c2cncc(C(=O)NCC3CC3)n2)C1. The molecule has 1 aliphatic heterocycles. The molecule has 0 radical (unpaired) electrons. The van der Waals surface area contributed by atoms with Gasteiger partial charge < -0.3 is 10.2 Å². The Balaban J connectivity index is 1.66. The number of aromatic nitrogens is 2. The van der Waals surface area contributed by atoms with Crippen LogP contribution >= 0.6 is 0 Å². The summed E-state index contributed by atoms with van der Waals surface area (Å²) in [5.41, 5.74) is 1.41. The van der Waals surface area contributed by atoms with E-state index >= 15 is 0 Å².